The van der Waals surface area contributed by atoms with Gasteiger partial charge < -0.3 is 4.90 Å². The van der Waals surface area contributed by atoms with E-state index in [0.717, 1.165) is 11.3 Å². The minimum absolute atomic E-state index is 0.678. The van der Waals surface area contributed by atoms with E-state index in [2.05, 4.69) is 48.7 Å². The van der Waals surface area contributed by atoms with Crippen LogP contribution in [-0.4, -0.2) is 22.8 Å². The van der Waals surface area contributed by atoms with Gasteiger partial charge in [0.15, 0.2) is 0 Å². The molecule has 0 amide bonds. The van der Waals surface area contributed by atoms with Crippen LogP contribution in [0.5, 0.6) is 0 Å². The van der Waals surface area contributed by atoms with Crippen LogP contribution < -0.4 is 0 Å². The normalized spacial score (nSPS) is 21.4. The lowest BCUT2D eigenvalue weighted by Gasteiger charge is -2.43. The summed E-state index contributed by atoms with van der Waals surface area (Å²) in [5.74, 6) is 1.18. The van der Waals surface area contributed by atoms with Crippen molar-refractivity contribution in [3.8, 4) is 0 Å². The van der Waals surface area contributed by atoms with Gasteiger partial charge in [-0.05, 0) is 38.0 Å². The molecule has 0 aromatic heterocycles. The number of hydrogen-bond donors (Lipinski definition) is 1. The first-order chi connectivity index (χ1) is 12.3. The first-order valence-corrected chi connectivity index (χ1v) is 10.5. The zero-order valence-electron chi connectivity index (χ0n) is 15.5. The smallest absolute Gasteiger partial charge is 0.102 e. The van der Waals surface area contributed by atoms with Crippen molar-refractivity contribution in [1.29, 1.82) is 0 Å². The van der Waals surface area contributed by atoms with Gasteiger partial charge in [-0.1, -0.05) is 68.9 Å². The molecule has 3 heteroatoms. The average molecular weight is 357 g/mol. The van der Waals surface area contributed by atoms with Gasteiger partial charge in [-0.2, -0.15) is 0 Å². The summed E-state index contributed by atoms with van der Waals surface area (Å²) in [5, 5.41) is 1.85. The van der Waals surface area contributed by atoms with E-state index in [1.807, 2.05) is 11.5 Å². The zero-order valence-corrected chi connectivity index (χ0v) is 16.4. The van der Waals surface area contributed by atoms with Gasteiger partial charge in [0.2, 0.25) is 0 Å². The highest BCUT2D eigenvalue weighted by atomic mass is 32.1. The van der Waals surface area contributed by atoms with Gasteiger partial charge in [-0.15, -0.1) is 12.6 Å². The molecule has 0 bridgehead atoms. The Labute approximate surface area is 158 Å². The van der Waals surface area contributed by atoms with E-state index < -0.39 is 0 Å². The molecule has 25 heavy (non-hydrogen) atoms. The van der Waals surface area contributed by atoms with Crippen LogP contribution in [0.2, 0.25) is 0 Å². The van der Waals surface area contributed by atoms with Crippen LogP contribution in [0.1, 0.15) is 76.7 Å². The maximum Gasteiger partial charge on any atom is 0.102 e. The van der Waals surface area contributed by atoms with Crippen LogP contribution >= 0.6 is 12.6 Å². The molecule has 0 saturated heterocycles. The van der Waals surface area contributed by atoms with E-state index in [9.17, 15) is 0 Å². The van der Waals surface area contributed by atoms with Gasteiger partial charge >= 0.3 is 0 Å². The number of aliphatic imine (C=N–C) groups is 1. The van der Waals surface area contributed by atoms with E-state index in [0.29, 0.717) is 12.1 Å². The van der Waals surface area contributed by atoms with Gasteiger partial charge in [0, 0.05) is 17.6 Å². The van der Waals surface area contributed by atoms with Crippen LogP contribution in [0.3, 0.4) is 0 Å². The molecule has 1 aromatic carbocycles. The van der Waals surface area contributed by atoms with Crippen molar-refractivity contribution in [1.82, 2.24) is 4.90 Å². The molecule has 0 unspecified atom stereocenters. The summed E-state index contributed by atoms with van der Waals surface area (Å²) in [6.45, 7) is 2.21. The Hall–Kier alpha value is -1.22. The Morgan fingerprint density at radius 3 is 1.92 bits per heavy atom. The summed E-state index contributed by atoms with van der Waals surface area (Å²) < 4.78 is 0. The summed E-state index contributed by atoms with van der Waals surface area (Å²) in [7, 11) is 0. The van der Waals surface area contributed by atoms with Crippen molar-refractivity contribution in [2.45, 2.75) is 83.2 Å². The number of nitrogens with zero attached hydrogens (tertiary/aromatic N) is 2. The van der Waals surface area contributed by atoms with Crippen molar-refractivity contribution < 1.29 is 0 Å². The molecule has 2 aliphatic carbocycles. The van der Waals surface area contributed by atoms with Crippen LogP contribution in [0, 0.1) is 0 Å². The van der Waals surface area contributed by atoms with E-state index in [-0.39, 0.29) is 0 Å². The van der Waals surface area contributed by atoms with E-state index in [1.54, 1.807) is 0 Å². The summed E-state index contributed by atoms with van der Waals surface area (Å²) in [5.41, 5.74) is 2.11. The highest BCUT2D eigenvalue weighted by molar-refractivity contribution is 7.83. The predicted octanol–water partition coefficient (Wildman–Crippen LogP) is 6.30. The lowest BCUT2D eigenvalue weighted by atomic mass is 9.88. The van der Waals surface area contributed by atoms with Crippen molar-refractivity contribution in [2.24, 2.45) is 4.99 Å². The first-order valence-electron chi connectivity index (χ1n) is 10.0. The highest BCUT2D eigenvalue weighted by Gasteiger charge is 2.29. The second-order valence-electron chi connectivity index (χ2n) is 7.53. The van der Waals surface area contributed by atoms with Crippen LogP contribution in [0.25, 0.3) is 5.70 Å². The van der Waals surface area contributed by atoms with Crippen LogP contribution in [-0.2, 0) is 0 Å². The highest BCUT2D eigenvalue weighted by Crippen LogP contribution is 2.31. The molecule has 2 saturated carbocycles. The molecule has 0 radical (unpaired) electrons. The fourth-order valence-corrected chi connectivity index (χ4v) is 4.76. The fraction of sp³-hybridized carbons (Fsp3) is 0.591. The Morgan fingerprint density at radius 2 is 1.44 bits per heavy atom. The molecule has 2 aliphatic rings. The minimum Gasteiger partial charge on any atom is -0.354 e. The topological polar surface area (TPSA) is 15.6 Å². The molecule has 2 fully saturated rings. The molecule has 136 valence electrons. The summed E-state index contributed by atoms with van der Waals surface area (Å²) in [4.78, 5) is 7.74. The fourth-order valence-electron chi connectivity index (χ4n) is 4.55. The monoisotopic (exact) mass is 356 g/mol. The third-order valence-electron chi connectivity index (χ3n) is 5.78. The average Bonchev–Trinajstić information content (AvgIpc) is 2.69. The number of rotatable bonds is 4. The lowest BCUT2D eigenvalue weighted by Crippen LogP contribution is -2.47. The predicted molar refractivity (Wildman–Crippen MR) is 112 cm³/mol. The first kappa shape index (κ1) is 18.6. The molecule has 0 atom stereocenters. The van der Waals surface area contributed by atoms with Gasteiger partial charge in [-0.25, -0.2) is 4.99 Å². The van der Waals surface area contributed by atoms with Gasteiger partial charge in [-0.3, -0.25) is 0 Å². The molecule has 0 N–H and O–H groups in total. The maximum atomic E-state index is 5.04. The Morgan fingerprint density at radius 1 is 0.920 bits per heavy atom. The molecule has 1 aromatic rings. The zero-order chi connectivity index (χ0) is 17.5. The SMILES string of the molecule is C/C(=N\C(=C/S)c1ccccc1)N(C1CCCCC1)C1CCCCC1. The molecule has 0 heterocycles. The van der Waals surface area contributed by atoms with E-state index >= 15 is 0 Å². The van der Waals surface area contributed by atoms with Crippen molar-refractivity contribution in [2.75, 3.05) is 0 Å². The largest absolute Gasteiger partial charge is 0.354 e. The Kier molecular flexibility index (Phi) is 7.03. The van der Waals surface area contributed by atoms with E-state index in [4.69, 9.17) is 4.99 Å². The van der Waals surface area contributed by atoms with Crippen molar-refractivity contribution in [3.63, 3.8) is 0 Å². The maximum absolute atomic E-state index is 5.04. The molecule has 3 rings (SSSR count). The summed E-state index contributed by atoms with van der Waals surface area (Å²) in [6, 6.07) is 11.8. The van der Waals surface area contributed by atoms with Crippen LogP contribution in [0.4, 0.5) is 0 Å². The summed E-state index contributed by atoms with van der Waals surface area (Å²) >= 11 is 4.44. The Balaban J connectivity index is 1.85. The van der Waals surface area contributed by atoms with Gasteiger partial charge in [0.05, 0.1) is 5.70 Å². The van der Waals surface area contributed by atoms with Gasteiger partial charge in [0.1, 0.15) is 5.84 Å². The quantitative estimate of drug-likeness (QED) is 0.380. The van der Waals surface area contributed by atoms with Gasteiger partial charge in [0.25, 0.3) is 0 Å². The van der Waals surface area contributed by atoms with Crippen LogP contribution in [0.15, 0.2) is 40.7 Å². The minimum atomic E-state index is 0.678. The van der Waals surface area contributed by atoms with Crippen molar-refractivity contribution >= 4 is 24.2 Å². The molecule has 0 spiro atoms. The molecule has 2 nitrogen and oxygen atoms in total. The third-order valence-corrected chi connectivity index (χ3v) is 6.03. The second-order valence-corrected chi connectivity index (χ2v) is 7.79. The third kappa shape index (κ3) is 4.91. The number of thiol groups is 1. The Bertz CT molecular complexity index is 563. The lowest BCUT2D eigenvalue weighted by molar-refractivity contribution is 0.157. The standard InChI is InChI=1S/C22H32N2S/c1-18(23-22(17-25)19-11-5-2-6-12-19)24(20-13-7-3-8-14-20)21-15-9-4-10-16-21/h2,5-6,11-12,17,20-21,25H,3-4,7-10,13-16H2,1H3/b22-17-,23-18+. The van der Waals surface area contributed by atoms with E-state index in [1.165, 1.54) is 70.0 Å². The number of amidine groups is 1. The molecular formula is C22H32N2S. The molecular weight excluding hydrogens is 324 g/mol. The molecule has 0 aliphatic heterocycles. The summed E-state index contributed by atoms with van der Waals surface area (Å²) in [6.07, 6.45) is 13.6. The number of hydrogen-bond acceptors (Lipinski definition) is 2. The second kappa shape index (κ2) is 9.47. The van der Waals surface area contributed by atoms with Crippen molar-refractivity contribution in [3.05, 3.63) is 41.3 Å². The number of benzene rings is 1.